The molecule has 2 atom stereocenters. The zero-order valence-electron chi connectivity index (χ0n) is 18.3. The maximum absolute atomic E-state index is 13.9. The number of nitrogens with one attached hydrogen (secondary N) is 1. The number of hydrogen-bond acceptors (Lipinski definition) is 3. The summed E-state index contributed by atoms with van der Waals surface area (Å²) in [5.74, 6) is -1.48. The fourth-order valence-corrected chi connectivity index (χ4v) is 4.81. The molecule has 33 heavy (non-hydrogen) atoms. The van der Waals surface area contributed by atoms with Crippen LogP contribution in [0.25, 0.3) is 22.0 Å². The summed E-state index contributed by atoms with van der Waals surface area (Å²) in [7, 11) is 0. The van der Waals surface area contributed by atoms with Crippen molar-refractivity contribution in [3.8, 4) is 11.1 Å². The summed E-state index contributed by atoms with van der Waals surface area (Å²) >= 11 is 0. The molecule has 1 aliphatic rings. The molecule has 1 aliphatic heterocycles. The monoisotopic (exact) mass is 449 g/mol. The predicted octanol–water partition coefficient (Wildman–Crippen LogP) is 4.57. The van der Waals surface area contributed by atoms with Gasteiger partial charge in [0.25, 0.3) is 0 Å². The van der Waals surface area contributed by atoms with Crippen molar-refractivity contribution in [1.29, 1.82) is 0 Å². The first-order valence-electron chi connectivity index (χ1n) is 11.2. The number of rotatable bonds is 6. The van der Waals surface area contributed by atoms with Crippen molar-refractivity contribution in [2.45, 2.75) is 38.8 Å². The van der Waals surface area contributed by atoms with E-state index >= 15 is 0 Å². The number of benzene rings is 2. The molecule has 1 saturated heterocycles. The molecule has 0 saturated carbocycles. The number of carbonyl (C=O) groups excluding carboxylic acids is 1. The highest BCUT2D eigenvalue weighted by Gasteiger charge is 2.32. The van der Waals surface area contributed by atoms with E-state index in [4.69, 9.17) is 0 Å². The summed E-state index contributed by atoms with van der Waals surface area (Å²) in [6, 6.07) is 10.4. The van der Waals surface area contributed by atoms with Gasteiger partial charge in [0.15, 0.2) is 11.6 Å². The Kier molecular flexibility index (Phi) is 5.66. The van der Waals surface area contributed by atoms with Crippen molar-refractivity contribution in [3.63, 3.8) is 0 Å². The molecule has 4 aromatic rings. The Hall–Kier alpha value is -3.55. The van der Waals surface area contributed by atoms with Crippen LogP contribution in [0.15, 0.2) is 55.0 Å². The van der Waals surface area contributed by atoms with Crippen LogP contribution in [0.5, 0.6) is 0 Å². The lowest BCUT2D eigenvalue weighted by molar-refractivity contribution is -0.131. The van der Waals surface area contributed by atoms with Crippen LogP contribution in [0.1, 0.15) is 25.3 Å². The van der Waals surface area contributed by atoms with Crippen molar-refractivity contribution in [1.82, 2.24) is 24.9 Å². The number of aromatic amines is 1. The number of H-pyrrole nitrogens is 1. The molecular formula is C25H25F2N5O. The van der Waals surface area contributed by atoms with Crippen LogP contribution in [0.2, 0.25) is 0 Å². The van der Waals surface area contributed by atoms with Crippen LogP contribution in [-0.4, -0.2) is 43.4 Å². The molecule has 0 bridgehead atoms. The minimum Gasteiger partial charge on any atom is -0.340 e. The third kappa shape index (κ3) is 4.25. The van der Waals surface area contributed by atoms with E-state index in [0.29, 0.717) is 6.54 Å². The van der Waals surface area contributed by atoms with E-state index in [9.17, 15) is 13.6 Å². The van der Waals surface area contributed by atoms with Crippen LogP contribution in [0.3, 0.4) is 0 Å². The Morgan fingerprint density at radius 3 is 2.88 bits per heavy atom. The average Bonchev–Trinajstić information content (AvgIpc) is 3.55. The van der Waals surface area contributed by atoms with Crippen LogP contribution in [0.4, 0.5) is 8.78 Å². The molecule has 170 valence electrons. The van der Waals surface area contributed by atoms with Gasteiger partial charge in [-0.1, -0.05) is 18.2 Å². The summed E-state index contributed by atoms with van der Waals surface area (Å²) in [6.07, 6.45) is 6.76. The van der Waals surface area contributed by atoms with Gasteiger partial charge >= 0.3 is 0 Å². The maximum atomic E-state index is 13.9. The van der Waals surface area contributed by atoms with E-state index in [-0.39, 0.29) is 36.3 Å². The summed E-state index contributed by atoms with van der Waals surface area (Å²) in [5, 5.41) is 12.5. The van der Waals surface area contributed by atoms with Gasteiger partial charge in [-0.15, -0.1) is 0 Å². The van der Waals surface area contributed by atoms with Gasteiger partial charge in [0.1, 0.15) is 0 Å². The van der Waals surface area contributed by atoms with Crippen LogP contribution >= 0.6 is 0 Å². The average molecular weight is 450 g/mol. The van der Waals surface area contributed by atoms with Gasteiger partial charge in [0.2, 0.25) is 5.91 Å². The minimum absolute atomic E-state index is 0.0243. The predicted molar refractivity (Wildman–Crippen MR) is 121 cm³/mol. The number of aryl methyl sites for hydroxylation is 1. The molecule has 2 aromatic heterocycles. The minimum atomic E-state index is -0.877. The fraction of sp³-hybridized carbons (Fsp3) is 0.320. The maximum Gasteiger partial charge on any atom is 0.223 e. The number of fused-ring (bicyclic) bond motifs is 1. The largest absolute Gasteiger partial charge is 0.340 e. The van der Waals surface area contributed by atoms with E-state index in [2.05, 4.69) is 33.5 Å². The molecule has 2 aromatic carbocycles. The molecule has 1 fully saturated rings. The van der Waals surface area contributed by atoms with Crippen molar-refractivity contribution in [2.75, 3.05) is 6.54 Å². The van der Waals surface area contributed by atoms with Crippen molar-refractivity contribution in [2.24, 2.45) is 5.92 Å². The molecule has 3 heterocycles. The Labute approximate surface area is 190 Å². The number of nitrogens with zero attached hydrogens (tertiary/aromatic N) is 4. The first kappa shape index (κ1) is 21.3. The second kappa shape index (κ2) is 8.77. The molecule has 0 aliphatic carbocycles. The SMILES string of the molecule is C[C@H]1C[C@@H](Cn2ncc3cc(-c4cn[nH]c4)ccc32)CN1C(=O)CCc1cccc(F)c1F. The lowest BCUT2D eigenvalue weighted by Gasteiger charge is -2.21. The molecule has 5 rings (SSSR count). The third-order valence-corrected chi connectivity index (χ3v) is 6.53. The molecule has 0 spiro atoms. The van der Waals surface area contributed by atoms with Crippen molar-refractivity contribution < 1.29 is 13.6 Å². The number of halogens is 2. The second-order valence-corrected chi connectivity index (χ2v) is 8.80. The van der Waals surface area contributed by atoms with E-state index in [1.807, 2.05) is 28.9 Å². The first-order chi connectivity index (χ1) is 16.0. The standard InChI is InChI=1S/C25H25F2N5O/c1-16-9-17(14-31(16)24(33)8-6-18-3-2-4-22(26)25(18)27)15-32-23-7-5-19(10-20(23)13-30-32)21-11-28-29-12-21/h2-5,7,10-13,16-17H,6,8-9,14-15H2,1H3,(H,28,29)/t16-,17+/m0/s1. The highest BCUT2D eigenvalue weighted by molar-refractivity contribution is 5.84. The van der Waals surface area contributed by atoms with E-state index in [0.717, 1.165) is 41.1 Å². The lowest BCUT2D eigenvalue weighted by atomic mass is 10.1. The Balaban J connectivity index is 1.23. The van der Waals surface area contributed by atoms with Crippen molar-refractivity contribution in [3.05, 3.63) is 72.2 Å². The van der Waals surface area contributed by atoms with Crippen molar-refractivity contribution >= 4 is 16.8 Å². The van der Waals surface area contributed by atoms with Crippen LogP contribution in [0, 0.1) is 17.6 Å². The van der Waals surface area contributed by atoms with Gasteiger partial charge in [0.05, 0.1) is 17.9 Å². The smallest absolute Gasteiger partial charge is 0.223 e. The number of aromatic nitrogens is 4. The number of carbonyl (C=O) groups is 1. The quantitative estimate of drug-likeness (QED) is 0.469. The summed E-state index contributed by atoms with van der Waals surface area (Å²) < 4.78 is 29.3. The van der Waals surface area contributed by atoms with E-state index in [1.165, 1.54) is 12.1 Å². The number of likely N-dealkylation sites (tertiary alicyclic amines) is 1. The van der Waals surface area contributed by atoms with Gasteiger partial charge in [0, 0.05) is 42.7 Å². The van der Waals surface area contributed by atoms with Gasteiger partial charge in [-0.05, 0) is 55.0 Å². The molecule has 8 heteroatoms. The van der Waals surface area contributed by atoms with Gasteiger partial charge in [-0.25, -0.2) is 8.78 Å². The van der Waals surface area contributed by atoms with E-state index in [1.54, 1.807) is 6.20 Å². The molecule has 1 N–H and O–H groups in total. The normalized spacial score (nSPS) is 18.3. The summed E-state index contributed by atoms with van der Waals surface area (Å²) in [4.78, 5) is 14.7. The highest BCUT2D eigenvalue weighted by Crippen LogP contribution is 2.28. The van der Waals surface area contributed by atoms with Gasteiger partial charge < -0.3 is 4.90 Å². The fourth-order valence-electron chi connectivity index (χ4n) is 4.81. The molecule has 0 radical (unpaired) electrons. The highest BCUT2D eigenvalue weighted by atomic mass is 19.2. The topological polar surface area (TPSA) is 66.8 Å². The Morgan fingerprint density at radius 1 is 1.18 bits per heavy atom. The molecule has 6 nitrogen and oxygen atoms in total. The van der Waals surface area contributed by atoms with E-state index < -0.39 is 11.6 Å². The molecule has 1 amide bonds. The lowest BCUT2D eigenvalue weighted by Crippen LogP contribution is -2.34. The Morgan fingerprint density at radius 2 is 2.06 bits per heavy atom. The zero-order chi connectivity index (χ0) is 22.9. The van der Waals surface area contributed by atoms with Crippen LogP contribution < -0.4 is 0 Å². The molecule has 0 unspecified atom stereocenters. The number of amides is 1. The van der Waals surface area contributed by atoms with Crippen LogP contribution in [-0.2, 0) is 17.8 Å². The van der Waals surface area contributed by atoms with Gasteiger partial charge in [-0.3, -0.25) is 14.6 Å². The number of hydrogen-bond donors (Lipinski definition) is 1. The first-order valence-corrected chi connectivity index (χ1v) is 11.2. The third-order valence-electron chi connectivity index (χ3n) is 6.53. The summed E-state index contributed by atoms with van der Waals surface area (Å²) in [5.41, 5.74) is 3.41. The van der Waals surface area contributed by atoms with Gasteiger partial charge in [-0.2, -0.15) is 10.2 Å². The summed E-state index contributed by atoms with van der Waals surface area (Å²) in [6.45, 7) is 3.40. The zero-order valence-corrected chi connectivity index (χ0v) is 18.3. The Bertz CT molecular complexity index is 1280. The molecular weight excluding hydrogens is 424 g/mol. The second-order valence-electron chi connectivity index (χ2n) is 8.80.